The Labute approximate surface area is 65.5 Å². The van der Waals surface area contributed by atoms with Crippen LogP contribution in [0.15, 0.2) is 30.6 Å². The molecule has 2 nitrogen and oxygen atoms in total. The van der Waals surface area contributed by atoms with Crippen LogP contribution in [0.25, 0.3) is 5.52 Å². The molecule has 0 radical (unpaired) electrons. The smallest absolute Gasteiger partial charge is 0.0649 e. The van der Waals surface area contributed by atoms with E-state index in [9.17, 15) is 0 Å². The standard InChI is InChI=1S/C9H10N2/c1-2-8-6-9-4-3-5-10-11(9)7-8/h3-7H,2H2,1H3. The molecule has 0 spiro atoms. The van der Waals surface area contributed by atoms with E-state index in [-0.39, 0.29) is 0 Å². The molecule has 2 aromatic rings. The number of hydrogen-bond acceptors (Lipinski definition) is 1. The van der Waals surface area contributed by atoms with Crippen molar-refractivity contribution in [3.05, 3.63) is 36.2 Å². The van der Waals surface area contributed by atoms with Gasteiger partial charge in [0.05, 0.1) is 5.52 Å². The van der Waals surface area contributed by atoms with Gasteiger partial charge in [-0.25, -0.2) is 4.52 Å². The summed E-state index contributed by atoms with van der Waals surface area (Å²) in [6.07, 6.45) is 4.94. The van der Waals surface area contributed by atoms with Crippen molar-refractivity contribution in [1.82, 2.24) is 9.61 Å². The highest BCUT2D eigenvalue weighted by atomic mass is 15.2. The predicted molar refractivity (Wildman–Crippen MR) is 44.6 cm³/mol. The molecule has 0 unspecified atom stereocenters. The fraction of sp³-hybridized carbons (Fsp3) is 0.222. The maximum absolute atomic E-state index is 4.17. The fourth-order valence-electron chi connectivity index (χ4n) is 1.19. The van der Waals surface area contributed by atoms with Gasteiger partial charge in [0, 0.05) is 12.4 Å². The molecule has 2 aromatic heterocycles. The molecule has 0 amide bonds. The summed E-state index contributed by atoms with van der Waals surface area (Å²) in [5, 5.41) is 4.17. The molecule has 2 heteroatoms. The Morgan fingerprint density at radius 2 is 2.45 bits per heavy atom. The second kappa shape index (κ2) is 2.38. The lowest BCUT2D eigenvalue weighted by Crippen LogP contribution is -1.84. The Kier molecular flexibility index (Phi) is 1.39. The number of rotatable bonds is 1. The van der Waals surface area contributed by atoms with Gasteiger partial charge in [-0.05, 0) is 30.2 Å². The summed E-state index contributed by atoms with van der Waals surface area (Å²) in [7, 11) is 0. The van der Waals surface area contributed by atoms with Gasteiger partial charge >= 0.3 is 0 Å². The topological polar surface area (TPSA) is 17.3 Å². The third-order valence-electron chi connectivity index (χ3n) is 1.84. The van der Waals surface area contributed by atoms with E-state index in [0.29, 0.717) is 0 Å². The molecule has 0 bridgehead atoms. The Hall–Kier alpha value is -1.31. The fourth-order valence-corrected chi connectivity index (χ4v) is 1.19. The highest BCUT2D eigenvalue weighted by molar-refractivity contribution is 5.48. The first-order chi connectivity index (χ1) is 5.40. The Bertz CT molecular complexity index is 329. The first-order valence-corrected chi connectivity index (χ1v) is 3.82. The van der Waals surface area contributed by atoms with Gasteiger partial charge in [-0.1, -0.05) is 6.92 Å². The van der Waals surface area contributed by atoms with Gasteiger partial charge in [-0.2, -0.15) is 5.10 Å². The van der Waals surface area contributed by atoms with Crippen molar-refractivity contribution in [3.8, 4) is 0 Å². The van der Waals surface area contributed by atoms with E-state index in [1.807, 2.05) is 10.6 Å². The van der Waals surface area contributed by atoms with Gasteiger partial charge in [0.25, 0.3) is 0 Å². The molecule has 0 aromatic carbocycles. The summed E-state index contributed by atoms with van der Waals surface area (Å²) in [6.45, 7) is 2.15. The van der Waals surface area contributed by atoms with Crippen LogP contribution in [0.2, 0.25) is 0 Å². The minimum atomic E-state index is 1.07. The number of aryl methyl sites for hydroxylation is 1. The van der Waals surface area contributed by atoms with Crippen LogP contribution in [0.3, 0.4) is 0 Å². The molecule has 0 saturated carbocycles. The lowest BCUT2D eigenvalue weighted by Gasteiger charge is -1.87. The van der Waals surface area contributed by atoms with Crippen LogP contribution in [0, 0.1) is 0 Å². The van der Waals surface area contributed by atoms with E-state index in [1.54, 1.807) is 6.20 Å². The van der Waals surface area contributed by atoms with Crippen LogP contribution >= 0.6 is 0 Å². The zero-order chi connectivity index (χ0) is 7.68. The summed E-state index contributed by atoms with van der Waals surface area (Å²) in [5.74, 6) is 0. The van der Waals surface area contributed by atoms with Crippen LogP contribution in [0.1, 0.15) is 12.5 Å². The van der Waals surface area contributed by atoms with Crippen molar-refractivity contribution in [1.29, 1.82) is 0 Å². The van der Waals surface area contributed by atoms with E-state index in [1.165, 1.54) is 11.1 Å². The highest BCUT2D eigenvalue weighted by Gasteiger charge is 1.95. The second-order valence-electron chi connectivity index (χ2n) is 2.59. The van der Waals surface area contributed by atoms with Crippen LogP contribution in [-0.4, -0.2) is 9.61 Å². The van der Waals surface area contributed by atoms with Gasteiger partial charge in [0.2, 0.25) is 0 Å². The third-order valence-corrected chi connectivity index (χ3v) is 1.84. The molecule has 0 atom stereocenters. The normalized spacial score (nSPS) is 10.6. The third kappa shape index (κ3) is 1.00. The zero-order valence-electron chi connectivity index (χ0n) is 6.49. The summed E-state index contributed by atoms with van der Waals surface area (Å²) in [6, 6.07) is 6.17. The minimum absolute atomic E-state index is 1.07. The second-order valence-corrected chi connectivity index (χ2v) is 2.59. The monoisotopic (exact) mass is 146 g/mol. The molecular weight excluding hydrogens is 136 g/mol. The van der Waals surface area contributed by atoms with E-state index in [4.69, 9.17) is 0 Å². The molecule has 0 saturated heterocycles. The molecule has 0 aliphatic rings. The van der Waals surface area contributed by atoms with Gasteiger partial charge in [-0.15, -0.1) is 0 Å². The summed E-state index contributed by atoms with van der Waals surface area (Å²) < 4.78 is 1.90. The highest BCUT2D eigenvalue weighted by Crippen LogP contribution is 2.07. The zero-order valence-corrected chi connectivity index (χ0v) is 6.49. The quantitative estimate of drug-likeness (QED) is 0.600. The van der Waals surface area contributed by atoms with Crippen molar-refractivity contribution >= 4 is 5.52 Å². The molecule has 0 aliphatic carbocycles. The Morgan fingerprint density at radius 3 is 3.18 bits per heavy atom. The summed E-state index contributed by atoms with van der Waals surface area (Å²) in [5.41, 5.74) is 2.51. The first-order valence-electron chi connectivity index (χ1n) is 3.82. The van der Waals surface area contributed by atoms with E-state index < -0.39 is 0 Å². The number of fused-ring (bicyclic) bond motifs is 1. The van der Waals surface area contributed by atoms with Gasteiger partial charge in [0.1, 0.15) is 0 Å². The minimum Gasteiger partial charge on any atom is -0.241 e. The molecule has 0 aliphatic heterocycles. The van der Waals surface area contributed by atoms with Gasteiger partial charge in [-0.3, -0.25) is 0 Å². The van der Waals surface area contributed by atoms with Crippen LogP contribution < -0.4 is 0 Å². The van der Waals surface area contributed by atoms with Crippen molar-refractivity contribution in [2.24, 2.45) is 0 Å². The van der Waals surface area contributed by atoms with Crippen LogP contribution in [0.5, 0.6) is 0 Å². The van der Waals surface area contributed by atoms with E-state index in [0.717, 1.165) is 6.42 Å². The number of nitrogens with zero attached hydrogens (tertiary/aromatic N) is 2. The van der Waals surface area contributed by atoms with Crippen LogP contribution in [0.4, 0.5) is 0 Å². The number of aromatic nitrogens is 2. The predicted octanol–water partition coefficient (Wildman–Crippen LogP) is 1.90. The maximum atomic E-state index is 4.17. The summed E-state index contributed by atoms with van der Waals surface area (Å²) >= 11 is 0. The summed E-state index contributed by atoms with van der Waals surface area (Å²) in [4.78, 5) is 0. The molecule has 2 heterocycles. The molecule has 0 fully saturated rings. The molecule has 56 valence electrons. The molecular formula is C9H10N2. The van der Waals surface area contributed by atoms with Crippen molar-refractivity contribution in [2.75, 3.05) is 0 Å². The molecule has 2 rings (SSSR count). The molecule has 11 heavy (non-hydrogen) atoms. The SMILES string of the molecule is CCc1cc2cccnn2c1. The van der Waals surface area contributed by atoms with Crippen molar-refractivity contribution in [3.63, 3.8) is 0 Å². The molecule has 0 N–H and O–H groups in total. The van der Waals surface area contributed by atoms with E-state index >= 15 is 0 Å². The van der Waals surface area contributed by atoms with Crippen LogP contribution in [-0.2, 0) is 6.42 Å². The lowest BCUT2D eigenvalue weighted by molar-refractivity contribution is 0.932. The van der Waals surface area contributed by atoms with Gasteiger partial charge in [0.15, 0.2) is 0 Å². The lowest BCUT2D eigenvalue weighted by atomic mass is 10.3. The van der Waals surface area contributed by atoms with Crippen molar-refractivity contribution < 1.29 is 0 Å². The Balaban J connectivity index is 2.69. The van der Waals surface area contributed by atoms with Gasteiger partial charge < -0.3 is 0 Å². The average molecular weight is 146 g/mol. The largest absolute Gasteiger partial charge is 0.241 e. The van der Waals surface area contributed by atoms with Crippen molar-refractivity contribution in [2.45, 2.75) is 13.3 Å². The average Bonchev–Trinajstić information content (AvgIpc) is 2.46. The number of hydrogen-bond donors (Lipinski definition) is 0. The van der Waals surface area contributed by atoms with E-state index in [2.05, 4.69) is 30.4 Å². The Morgan fingerprint density at radius 1 is 1.55 bits per heavy atom. The first kappa shape index (κ1) is 6.40. The maximum Gasteiger partial charge on any atom is 0.0649 e.